The van der Waals surface area contributed by atoms with Crippen LogP contribution < -0.4 is 4.74 Å². The Hall–Kier alpha value is -2.04. The molecule has 0 radical (unpaired) electrons. The van der Waals surface area contributed by atoms with E-state index in [1.807, 2.05) is 0 Å². The SMILES string of the molecule is C/C=C(/OC)Oc1ccc([N+](=O)[O-])cc1. The molecule has 15 heavy (non-hydrogen) atoms. The molecule has 0 unspecified atom stereocenters. The number of methoxy groups -OCH3 is 1. The summed E-state index contributed by atoms with van der Waals surface area (Å²) in [6.07, 6.45) is 1.65. The Labute approximate surface area is 87.1 Å². The van der Waals surface area contributed by atoms with E-state index in [1.165, 1.54) is 31.4 Å². The smallest absolute Gasteiger partial charge is 0.279 e. The summed E-state index contributed by atoms with van der Waals surface area (Å²) in [4.78, 5) is 9.91. The number of nitro benzene ring substituents is 1. The fourth-order valence-corrected chi connectivity index (χ4v) is 0.970. The fourth-order valence-electron chi connectivity index (χ4n) is 0.970. The summed E-state index contributed by atoms with van der Waals surface area (Å²) >= 11 is 0. The van der Waals surface area contributed by atoms with E-state index >= 15 is 0 Å². The second-order valence-corrected chi connectivity index (χ2v) is 2.66. The number of non-ortho nitro benzene ring substituents is 1. The highest BCUT2D eigenvalue weighted by Gasteiger charge is 2.05. The quantitative estimate of drug-likeness (QED) is 0.434. The summed E-state index contributed by atoms with van der Waals surface area (Å²) in [5.41, 5.74) is 0.0294. The fraction of sp³-hybridized carbons (Fsp3) is 0.200. The second kappa shape index (κ2) is 4.99. The first-order chi connectivity index (χ1) is 7.17. The van der Waals surface area contributed by atoms with Gasteiger partial charge in [0, 0.05) is 12.1 Å². The summed E-state index contributed by atoms with van der Waals surface area (Å²) in [5.74, 6) is 0.847. The molecule has 0 aliphatic heterocycles. The van der Waals surface area contributed by atoms with Crippen LogP contribution in [0.15, 0.2) is 36.3 Å². The van der Waals surface area contributed by atoms with Gasteiger partial charge in [-0.2, -0.15) is 0 Å². The van der Waals surface area contributed by atoms with Crippen molar-refractivity contribution in [3.63, 3.8) is 0 Å². The Bertz CT molecular complexity index is 370. The van der Waals surface area contributed by atoms with Gasteiger partial charge in [-0.25, -0.2) is 0 Å². The number of benzene rings is 1. The Balaban J connectivity index is 2.76. The molecule has 0 spiro atoms. The summed E-state index contributed by atoms with van der Waals surface area (Å²) in [6.45, 7) is 1.77. The Kier molecular flexibility index (Phi) is 3.68. The van der Waals surface area contributed by atoms with E-state index in [0.717, 1.165) is 0 Å². The van der Waals surface area contributed by atoms with Crippen molar-refractivity contribution in [1.29, 1.82) is 0 Å². The molecule has 0 amide bonds. The maximum Gasteiger partial charge on any atom is 0.279 e. The third-order valence-corrected chi connectivity index (χ3v) is 1.70. The van der Waals surface area contributed by atoms with Gasteiger partial charge in [0.1, 0.15) is 5.75 Å². The van der Waals surface area contributed by atoms with E-state index in [2.05, 4.69) is 0 Å². The molecule has 0 bridgehead atoms. The highest BCUT2D eigenvalue weighted by molar-refractivity contribution is 5.36. The molecule has 0 fully saturated rings. The van der Waals surface area contributed by atoms with Gasteiger partial charge in [0.25, 0.3) is 11.6 Å². The average Bonchev–Trinajstić information content (AvgIpc) is 2.26. The lowest BCUT2D eigenvalue weighted by Crippen LogP contribution is -1.97. The summed E-state index contributed by atoms with van der Waals surface area (Å²) in [7, 11) is 1.49. The standard InChI is InChI=1S/C10H11NO4/c1-3-10(14-2)15-9-6-4-8(5-7-9)11(12)13/h3-7H,1-2H3/b10-3-. The van der Waals surface area contributed by atoms with E-state index < -0.39 is 4.92 Å². The average molecular weight is 209 g/mol. The molecule has 0 aromatic heterocycles. The van der Waals surface area contributed by atoms with Gasteiger partial charge >= 0.3 is 0 Å². The van der Waals surface area contributed by atoms with Gasteiger partial charge in [0.2, 0.25) is 0 Å². The number of allylic oxidation sites excluding steroid dienone is 1. The minimum Gasteiger partial charge on any atom is -0.469 e. The molecule has 0 aliphatic rings. The largest absolute Gasteiger partial charge is 0.469 e. The lowest BCUT2D eigenvalue weighted by molar-refractivity contribution is -0.384. The number of hydrogen-bond acceptors (Lipinski definition) is 4. The van der Waals surface area contributed by atoms with Crippen molar-refractivity contribution in [2.45, 2.75) is 6.92 Å². The number of ether oxygens (including phenoxy) is 2. The van der Waals surface area contributed by atoms with Gasteiger partial charge < -0.3 is 9.47 Å². The number of nitro groups is 1. The van der Waals surface area contributed by atoms with E-state index in [1.54, 1.807) is 13.0 Å². The first-order valence-electron chi connectivity index (χ1n) is 4.30. The van der Waals surface area contributed by atoms with Crippen molar-refractivity contribution in [3.8, 4) is 5.75 Å². The number of hydrogen-bond donors (Lipinski definition) is 0. The van der Waals surface area contributed by atoms with Crippen LogP contribution in [-0.4, -0.2) is 12.0 Å². The zero-order valence-electron chi connectivity index (χ0n) is 8.47. The minimum atomic E-state index is -0.462. The molecule has 0 N–H and O–H groups in total. The molecule has 0 aliphatic carbocycles. The Morgan fingerprint density at radius 1 is 1.40 bits per heavy atom. The molecular weight excluding hydrogens is 198 g/mol. The third kappa shape index (κ3) is 2.98. The van der Waals surface area contributed by atoms with Gasteiger partial charge in [0.05, 0.1) is 12.0 Å². The van der Waals surface area contributed by atoms with Gasteiger partial charge in [-0.05, 0) is 25.1 Å². The molecule has 0 heterocycles. The van der Waals surface area contributed by atoms with Crippen molar-refractivity contribution < 1.29 is 14.4 Å². The normalized spacial score (nSPS) is 10.9. The van der Waals surface area contributed by atoms with Crippen LogP contribution in [0.3, 0.4) is 0 Å². The molecule has 80 valence electrons. The first-order valence-corrected chi connectivity index (χ1v) is 4.30. The van der Waals surface area contributed by atoms with Crippen LogP contribution in [0, 0.1) is 10.1 Å². The van der Waals surface area contributed by atoms with Crippen molar-refractivity contribution >= 4 is 5.69 Å². The van der Waals surface area contributed by atoms with Crippen molar-refractivity contribution in [3.05, 3.63) is 46.4 Å². The second-order valence-electron chi connectivity index (χ2n) is 2.66. The molecule has 5 nitrogen and oxygen atoms in total. The molecule has 0 atom stereocenters. The lowest BCUT2D eigenvalue weighted by Gasteiger charge is -2.06. The van der Waals surface area contributed by atoms with Crippen LogP contribution in [0.25, 0.3) is 0 Å². The first kappa shape index (κ1) is 11.0. The molecule has 1 aromatic carbocycles. The van der Waals surface area contributed by atoms with E-state index in [-0.39, 0.29) is 5.69 Å². The van der Waals surface area contributed by atoms with Crippen LogP contribution in [0.2, 0.25) is 0 Å². The van der Waals surface area contributed by atoms with Crippen LogP contribution in [0.1, 0.15) is 6.92 Å². The number of nitrogens with zero attached hydrogens (tertiary/aromatic N) is 1. The minimum absolute atomic E-state index is 0.0294. The van der Waals surface area contributed by atoms with Crippen LogP contribution in [0.5, 0.6) is 5.75 Å². The number of rotatable bonds is 4. The molecule has 0 saturated heterocycles. The van der Waals surface area contributed by atoms with E-state index in [9.17, 15) is 10.1 Å². The van der Waals surface area contributed by atoms with Crippen LogP contribution in [0.4, 0.5) is 5.69 Å². The third-order valence-electron chi connectivity index (χ3n) is 1.70. The molecule has 5 heteroatoms. The van der Waals surface area contributed by atoms with E-state index in [0.29, 0.717) is 11.7 Å². The molecule has 1 aromatic rings. The summed E-state index contributed by atoms with van der Waals surface area (Å²) < 4.78 is 10.1. The Morgan fingerprint density at radius 2 is 2.00 bits per heavy atom. The van der Waals surface area contributed by atoms with E-state index in [4.69, 9.17) is 9.47 Å². The predicted molar refractivity (Wildman–Crippen MR) is 54.5 cm³/mol. The maximum atomic E-state index is 10.4. The van der Waals surface area contributed by atoms with Crippen molar-refractivity contribution in [1.82, 2.24) is 0 Å². The van der Waals surface area contributed by atoms with Gasteiger partial charge in [-0.1, -0.05) is 0 Å². The van der Waals surface area contributed by atoms with Crippen molar-refractivity contribution in [2.75, 3.05) is 7.11 Å². The molecule has 1 rings (SSSR count). The zero-order valence-corrected chi connectivity index (χ0v) is 8.47. The van der Waals surface area contributed by atoms with Gasteiger partial charge in [0.15, 0.2) is 0 Å². The topological polar surface area (TPSA) is 61.6 Å². The Morgan fingerprint density at radius 3 is 2.40 bits per heavy atom. The highest BCUT2D eigenvalue weighted by atomic mass is 16.7. The van der Waals surface area contributed by atoms with Crippen LogP contribution in [-0.2, 0) is 4.74 Å². The van der Waals surface area contributed by atoms with Gasteiger partial charge in [-0.15, -0.1) is 0 Å². The zero-order chi connectivity index (χ0) is 11.3. The lowest BCUT2D eigenvalue weighted by atomic mass is 10.3. The highest BCUT2D eigenvalue weighted by Crippen LogP contribution is 2.19. The van der Waals surface area contributed by atoms with Crippen molar-refractivity contribution in [2.24, 2.45) is 0 Å². The van der Waals surface area contributed by atoms with Crippen LogP contribution >= 0.6 is 0 Å². The monoisotopic (exact) mass is 209 g/mol. The van der Waals surface area contributed by atoms with Gasteiger partial charge in [-0.3, -0.25) is 10.1 Å². The molecule has 0 saturated carbocycles. The predicted octanol–water partition coefficient (Wildman–Crippen LogP) is 2.48. The maximum absolute atomic E-state index is 10.4. The summed E-state index contributed by atoms with van der Waals surface area (Å²) in [5, 5.41) is 10.4. The summed E-state index contributed by atoms with van der Waals surface area (Å²) in [6, 6.07) is 5.78. The molecular formula is C10H11NO4.